The summed E-state index contributed by atoms with van der Waals surface area (Å²) in [6, 6.07) is 5.93. The van der Waals surface area contributed by atoms with E-state index in [1.165, 1.54) is 6.20 Å². The van der Waals surface area contributed by atoms with Crippen LogP contribution in [-0.4, -0.2) is 67.7 Å². The maximum atomic E-state index is 10.9. The number of carboxylic acid groups (broad SMARTS) is 1. The van der Waals surface area contributed by atoms with Gasteiger partial charge in [0.05, 0.1) is 0 Å². The number of rotatable bonds is 6. The number of pyridine rings is 2. The first kappa shape index (κ1) is 23.9. The van der Waals surface area contributed by atoms with Crippen LogP contribution in [0.2, 0.25) is 4.71 Å². The third-order valence-electron chi connectivity index (χ3n) is 6.23. The fourth-order valence-electron chi connectivity index (χ4n) is 4.54. The van der Waals surface area contributed by atoms with Gasteiger partial charge in [0.15, 0.2) is 0 Å². The molecule has 0 aromatic carbocycles. The van der Waals surface area contributed by atoms with E-state index < -0.39 is 6.09 Å². The third kappa shape index (κ3) is 4.95. The number of aromatic nitrogens is 7. The van der Waals surface area contributed by atoms with Crippen molar-refractivity contribution < 1.29 is 9.90 Å². The fraction of sp³-hybridized carbons (Fsp3) is 0.375. The van der Waals surface area contributed by atoms with Crippen LogP contribution in [-0.2, 0) is 0 Å². The van der Waals surface area contributed by atoms with Crippen molar-refractivity contribution in [2.24, 2.45) is 0 Å². The van der Waals surface area contributed by atoms with Gasteiger partial charge >= 0.3 is 214 Å². The van der Waals surface area contributed by atoms with E-state index in [9.17, 15) is 4.79 Å². The number of nitrogens with one attached hydrogen (secondary N) is 1. The van der Waals surface area contributed by atoms with Gasteiger partial charge in [-0.2, -0.15) is 0 Å². The van der Waals surface area contributed by atoms with Crippen molar-refractivity contribution in [1.29, 1.82) is 5.26 Å². The average Bonchev–Trinajstić information content (AvgIpc) is 3.51. The quantitative estimate of drug-likeness (QED) is 0.351. The maximum absolute atomic E-state index is 10.9. The van der Waals surface area contributed by atoms with Crippen LogP contribution in [0.15, 0.2) is 36.9 Å². The summed E-state index contributed by atoms with van der Waals surface area (Å²) in [7, 11) is 0. The molecule has 0 unspecified atom stereocenters. The molecular weight excluding hydrogens is 521 g/mol. The van der Waals surface area contributed by atoms with E-state index in [4.69, 9.17) is 10.4 Å². The Morgan fingerprint density at radius 2 is 2.00 bits per heavy atom. The Labute approximate surface area is 214 Å². The fourth-order valence-corrected chi connectivity index (χ4v) is 6.72. The molecule has 0 bridgehead atoms. The number of carbonyl (C=O) groups is 1. The zero-order valence-corrected chi connectivity index (χ0v) is 21.8. The normalized spacial score (nSPS) is 18.2. The molecule has 0 atom stereocenters. The van der Waals surface area contributed by atoms with Crippen LogP contribution >= 0.6 is 0 Å². The van der Waals surface area contributed by atoms with Gasteiger partial charge in [-0.25, -0.2) is 0 Å². The topological polar surface area (TPSA) is 147 Å². The zero-order chi connectivity index (χ0) is 25.2. The Morgan fingerprint density at radius 1 is 1.19 bits per heavy atom. The number of amides is 1. The average molecular weight is 546 g/mol. The minimum atomic E-state index is -0.966. The molecule has 2 N–H and O–H groups in total. The Hall–Kier alpha value is -3.77. The SMILES string of the molecule is CC(C)[As]c1cc(-n2ncc3cc(C#N)cnc32)ncc1-n1cc(C2CCC(NC(=O)O)CC2)nn1. The number of hydrogen-bond donors (Lipinski definition) is 2. The molecule has 4 aromatic rings. The molecule has 1 radical (unpaired) electrons. The Balaban J connectivity index is 1.42. The second-order valence-corrected chi connectivity index (χ2v) is 12.9. The van der Waals surface area contributed by atoms with E-state index in [1.807, 2.05) is 18.5 Å². The Morgan fingerprint density at radius 3 is 2.72 bits per heavy atom. The molecular formula is C24H25AsN9O2. The number of nitriles is 1. The van der Waals surface area contributed by atoms with Gasteiger partial charge in [-0.15, -0.1) is 0 Å². The predicted molar refractivity (Wildman–Crippen MR) is 133 cm³/mol. The summed E-state index contributed by atoms with van der Waals surface area (Å²) in [6.45, 7) is 4.41. The molecule has 0 aliphatic heterocycles. The van der Waals surface area contributed by atoms with Crippen LogP contribution in [0, 0.1) is 11.3 Å². The van der Waals surface area contributed by atoms with Crippen LogP contribution in [0.1, 0.15) is 56.7 Å². The molecule has 4 aromatic heterocycles. The van der Waals surface area contributed by atoms with Crippen LogP contribution in [0.3, 0.4) is 0 Å². The second kappa shape index (κ2) is 10.1. The minimum absolute atomic E-state index is 0.00610. The van der Waals surface area contributed by atoms with Gasteiger partial charge in [0.1, 0.15) is 0 Å². The summed E-state index contributed by atoms with van der Waals surface area (Å²) < 4.78 is 5.16. The van der Waals surface area contributed by atoms with Gasteiger partial charge in [-0.3, -0.25) is 0 Å². The van der Waals surface area contributed by atoms with Crippen LogP contribution < -0.4 is 9.67 Å². The third-order valence-corrected chi connectivity index (χ3v) is 8.65. The summed E-state index contributed by atoms with van der Waals surface area (Å²) in [5, 5.41) is 34.8. The van der Waals surface area contributed by atoms with Crippen molar-refractivity contribution >= 4 is 37.2 Å². The van der Waals surface area contributed by atoms with Crippen molar-refractivity contribution in [1.82, 2.24) is 40.1 Å². The summed E-state index contributed by atoms with van der Waals surface area (Å²) in [6.07, 6.45) is 9.40. The van der Waals surface area contributed by atoms with Crippen LogP contribution in [0.5, 0.6) is 0 Å². The van der Waals surface area contributed by atoms with Gasteiger partial charge in [0.25, 0.3) is 0 Å². The standard InChI is InChI=1S/C24H25AsN9O2/c1-14(2)25-19-8-22(34-23-17(11-29-34)7-15(9-26)10-28-23)27-12-21(19)33-13-20(31-32-33)16-3-5-18(6-4-16)30-24(35)36/h7-8,10-14,16,18,30H,3-6H2,1-2H3,(H,35,36). The monoisotopic (exact) mass is 546 g/mol. The van der Waals surface area contributed by atoms with Gasteiger partial charge in [0, 0.05) is 0 Å². The molecule has 1 aliphatic carbocycles. The summed E-state index contributed by atoms with van der Waals surface area (Å²) >= 11 is -0.173. The molecule has 1 amide bonds. The van der Waals surface area contributed by atoms with Gasteiger partial charge < -0.3 is 0 Å². The molecule has 1 fully saturated rings. The second-order valence-electron chi connectivity index (χ2n) is 9.15. The van der Waals surface area contributed by atoms with E-state index in [-0.39, 0.29) is 27.7 Å². The molecule has 1 aliphatic rings. The first-order valence-electron chi connectivity index (χ1n) is 11.8. The van der Waals surface area contributed by atoms with E-state index in [0.717, 1.165) is 46.8 Å². The van der Waals surface area contributed by atoms with E-state index >= 15 is 0 Å². The predicted octanol–water partition coefficient (Wildman–Crippen LogP) is 2.72. The summed E-state index contributed by atoms with van der Waals surface area (Å²) in [4.78, 5) is 20.0. The molecule has 5 rings (SSSR count). The molecule has 0 spiro atoms. The summed E-state index contributed by atoms with van der Waals surface area (Å²) in [5.41, 5.74) is 2.97. The van der Waals surface area contributed by atoms with Crippen LogP contribution in [0.4, 0.5) is 4.79 Å². The van der Waals surface area contributed by atoms with Gasteiger partial charge in [-0.05, 0) is 0 Å². The summed E-state index contributed by atoms with van der Waals surface area (Å²) in [5.74, 6) is 0.931. The van der Waals surface area contributed by atoms with E-state index in [1.54, 1.807) is 21.6 Å². The number of fused-ring (bicyclic) bond motifs is 1. The van der Waals surface area contributed by atoms with Crippen molar-refractivity contribution in [2.75, 3.05) is 0 Å². The first-order valence-corrected chi connectivity index (χ1v) is 13.8. The molecule has 11 nitrogen and oxygen atoms in total. The van der Waals surface area contributed by atoms with Crippen molar-refractivity contribution in [3.63, 3.8) is 0 Å². The zero-order valence-electron chi connectivity index (χ0n) is 19.9. The van der Waals surface area contributed by atoms with Crippen molar-refractivity contribution in [3.8, 4) is 17.6 Å². The molecule has 0 saturated heterocycles. The van der Waals surface area contributed by atoms with Gasteiger partial charge in [-0.1, -0.05) is 0 Å². The Bertz CT molecular complexity index is 1450. The van der Waals surface area contributed by atoms with E-state index in [2.05, 4.69) is 50.6 Å². The molecule has 183 valence electrons. The molecule has 36 heavy (non-hydrogen) atoms. The number of nitrogens with zero attached hydrogens (tertiary/aromatic N) is 8. The molecule has 12 heteroatoms. The van der Waals surface area contributed by atoms with Crippen molar-refractivity contribution in [2.45, 2.75) is 56.2 Å². The van der Waals surface area contributed by atoms with E-state index in [0.29, 0.717) is 21.7 Å². The number of hydrogen-bond acceptors (Lipinski definition) is 7. The Kier molecular flexibility index (Phi) is 6.70. The van der Waals surface area contributed by atoms with Crippen LogP contribution in [0.25, 0.3) is 22.5 Å². The molecule has 1 saturated carbocycles. The van der Waals surface area contributed by atoms with Crippen molar-refractivity contribution in [3.05, 3.63) is 48.2 Å². The molecule has 4 heterocycles. The van der Waals surface area contributed by atoms with Gasteiger partial charge in [0.2, 0.25) is 0 Å². The first-order chi connectivity index (χ1) is 17.4.